The molecule has 1 aliphatic rings. The fraction of sp³-hybridized carbons (Fsp3) is 0.950. The quantitative estimate of drug-likeness (QED) is 0.0626. The Kier molecular flexibility index (Phi) is 21.5. The molecule has 0 aromatic rings. The fourth-order valence-corrected chi connectivity index (χ4v) is 8.21. The molecule has 0 aromatic heterocycles. The zero-order valence-electron chi connectivity index (χ0n) is 32.8. The van der Waals surface area contributed by atoms with Crippen LogP contribution in [0.2, 0.25) is 36.3 Å². The molecule has 0 bridgehead atoms. The maximum absolute atomic E-state index is 10.9. The molecule has 1 aliphatic heterocycles. The molecular formula is C40H80O4Si2. The van der Waals surface area contributed by atoms with Gasteiger partial charge in [-0.25, -0.2) is 0 Å². The van der Waals surface area contributed by atoms with E-state index in [0.717, 1.165) is 38.7 Å². The number of hydrogen-bond acceptors (Lipinski definition) is 4. The first kappa shape index (κ1) is 43.9. The minimum Gasteiger partial charge on any atom is -0.417 e. The molecule has 1 rings (SSSR count). The van der Waals surface area contributed by atoms with E-state index in [1.165, 1.54) is 96.3 Å². The highest BCUT2D eigenvalue weighted by Crippen LogP contribution is 2.40. The predicted molar refractivity (Wildman–Crippen MR) is 206 cm³/mol. The van der Waals surface area contributed by atoms with Crippen LogP contribution in [0.25, 0.3) is 0 Å². The summed E-state index contributed by atoms with van der Waals surface area (Å²) in [6, 6.07) is 0. The van der Waals surface area contributed by atoms with E-state index in [4.69, 9.17) is 13.6 Å². The number of rotatable bonds is 24. The second-order valence-electron chi connectivity index (χ2n) is 17.4. The van der Waals surface area contributed by atoms with E-state index >= 15 is 0 Å². The van der Waals surface area contributed by atoms with Gasteiger partial charge in [0.1, 0.15) is 6.10 Å². The third kappa shape index (κ3) is 18.0. The van der Waals surface area contributed by atoms with Gasteiger partial charge in [0.05, 0.1) is 18.3 Å². The van der Waals surface area contributed by atoms with Gasteiger partial charge < -0.3 is 18.7 Å². The summed E-state index contributed by atoms with van der Waals surface area (Å²) in [6.45, 7) is 26.5. The molecule has 1 fully saturated rings. The largest absolute Gasteiger partial charge is 0.417 e. The molecule has 0 amide bonds. The van der Waals surface area contributed by atoms with Crippen molar-refractivity contribution in [3.8, 4) is 11.8 Å². The summed E-state index contributed by atoms with van der Waals surface area (Å²) in [5.74, 6) is 6.38. The molecule has 1 saturated heterocycles. The molecule has 46 heavy (non-hydrogen) atoms. The highest BCUT2D eigenvalue weighted by Gasteiger charge is 2.43. The summed E-state index contributed by atoms with van der Waals surface area (Å²) in [5.41, 5.74) is 0. The Morgan fingerprint density at radius 2 is 1.15 bits per heavy atom. The molecule has 0 aromatic carbocycles. The topological polar surface area (TPSA) is 47.9 Å². The van der Waals surface area contributed by atoms with E-state index in [1.807, 2.05) is 0 Å². The molecule has 0 spiro atoms. The monoisotopic (exact) mass is 681 g/mol. The van der Waals surface area contributed by atoms with Crippen LogP contribution in [0.15, 0.2) is 0 Å². The Morgan fingerprint density at radius 1 is 0.674 bits per heavy atom. The van der Waals surface area contributed by atoms with Crippen molar-refractivity contribution < 1.29 is 18.7 Å². The Balaban J connectivity index is 2.39. The van der Waals surface area contributed by atoms with Gasteiger partial charge in [-0.3, -0.25) is 0 Å². The summed E-state index contributed by atoms with van der Waals surface area (Å²) in [5, 5.41) is 11.3. The van der Waals surface area contributed by atoms with Crippen molar-refractivity contribution >= 4 is 16.6 Å². The standard InChI is InChI=1S/C40H80O4Si2/c1-12-13-14-15-16-17-18-22-25-28-31-38(44-46(10,11)40(5,6)7)37-33-32-36(43-37)35(41)30-27-24-21-19-20-23-26-29-34-42-45(8,9)39(2,3)4/h35-38,41H,12-26,28-29,31-34H2,1-11H3/t35-,36-,37-,38-/m1/s1. The Labute approximate surface area is 290 Å². The van der Waals surface area contributed by atoms with Crippen LogP contribution in [0.5, 0.6) is 0 Å². The third-order valence-corrected chi connectivity index (χ3v) is 20.2. The normalized spacial score (nSPS) is 19.2. The first-order chi connectivity index (χ1) is 21.5. The summed E-state index contributed by atoms with van der Waals surface area (Å²) in [6.07, 6.45) is 23.8. The number of unbranched alkanes of at least 4 members (excludes halogenated alkanes) is 15. The lowest BCUT2D eigenvalue weighted by molar-refractivity contribution is -0.0600. The average molecular weight is 681 g/mol. The van der Waals surface area contributed by atoms with Gasteiger partial charge in [-0.1, -0.05) is 144 Å². The van der Waals surface area contributed by atoms with Crippen LogP contribution >= 0.6 is 0 Å². The van der Waals surface area contributed by atoms with Crippen molar-refractivity contribution in [2.24, 2.45) is 0 Å². The van der Waals surface area contributed by atoms with Gasteiger partial charge in [0.15, 0.2) is 16.6 Å². The Bertz CT molecular complexity index is 833. The van der Waals surface area contributed by atoms with Crippen LogP contribution in [0.4, 0.5) is 0 Å². The summed E-state index contributed by atoms with van der Waals surface area (Å²) >= 11 is 0. The summed E-state index contributed by atoms with van der Waals surface area (Å²) < 4.78 is 19.8. The van der Waals surface area contributed by atoms with E-state index < -0.39 is 22.7 Å². The zero-order valence-corrected chi connectivity index (χ0v) is 34.8. The van der Waals surface area contributed by atoms with Crippen molar-refractivity contribution in [1.29, 1.82) is 0 Å². The molecule has 6 heteroatoms. The fourth-order valence-electron chi connectivity index (χ4n) is 5.74. The lowest BCUT2D eigenvalue weighted by atomic mass is 10.0. The molecule has 1 heterocycles. The predicted octanol–water partition coefficient (Wildman–Crippen LogP) is 12.4. The Morgan fingerprint density at radius 3 is 1.70 bits per heavy atom. The smallest absolute Gasteiger partial charge is 0.192 e. The van der Waals surface area contributed by atoms with Gasteiger partial charge in [0.2, 0.25) is 0 Å². The molecule has 0 radical (unpaired) electrons. The van der Waals surface area contributed by atoms with Crippen molar-refractivity contribution in [2.75, 3.05) is 6.61 Å². The van der Waals surface area contributed by atoms with Gasteiger partial charge >= 0.3 is 0 Å². The lowest BCUT2D eigenvalue weighted by Gasteiger charge is -2.41. The highest BCUT2D eigenvalue weighted by molar-refractivity contribution is 6.74. The van der Waals surface area contributed by atoms with Crippen molar-refractivity contribution in [3.05, 3.63) is 0 Å². The second kappa shape index (κ2) is 22.5. The molecule has 1 N–H and O–H groups in total. The first-order valence-corrected chi connectivity index (χ1v) is 25.5. The van der Waals surface area contributed by atoms with E-state index in [-0.39, 0.29) is 23.4 Å². The molecule has 4 atom stereocenters. The zero-order chi connectivity index (χ0) is 34.7. The minimum atomic E-state index is -1.92. The number of ether oxygens (including phenoxy) is 1. The Hall–Kier alpha value is -0.166. The molecule has 0 unspecified atom stereocenters. The second-order valence-corrected chi connectivity index (χ2v) is 27.0. The van der Waals surface area contributed by atoms with Crippen molar-refractivity contribution in [2.45, 2.75) is 238 Å². The molecule has 4 nitrogen and oxygen atoms in total. The summed E-state index contributed by atoms with van der Waals surface area (Å²) in [7, 11) is -3.52. The van der Waals surface area contributed by atoms with E-state index in [0.29, 0.717) is 5.04 Å². The van der Waals surface area contributed by atoms with Crippen LogP contribution < -0.4 is 0 Å². The van der Waals surface area contributed by atoms with Gasteiger partial charge in [0, 0.05) is 13.0 Å². The molecule has 0 aliphatic carbocycles. The van der Waals surface area contributed by atoms with Gasteiger partial charge in [-0.05, 0) is 68.4 Å². The number of aliphatic hydroxyl groups excluding tert-OH is 1. The van der Waals surface area contributed by atoms with Crippen molar-refractivity contribution in [3.63, 3.8) is 0 Å². The highest BCUT2D eigenvalue weighted by atomic mass is 28.4. The SMILES string of the molecule is CCCCCCCCCCCC[C@@H](O[Si](C)(C)C(C)(C)C)[C@H]1CC[C@H]([C@H](O)C#CCCCCCCCCO[Si](C)(C)C(C)(C)C)O1. The van der Waals surface area contributed by atoms with E-state index in [1.54, 1.807) is 0 Å². The minimum absolute atomic E-state index is 0.0708. The van der Waals surface area contributed by atoms with Crippen LogP contribution in [0, 0.1) is 11.8 Å². The molecular weight excluding hydrogens is 601 g/mol. The number of aliphatic hydroxyl groups is 1. The third-order valence-electron chi connectivity index (χ3n) is 11.2. The van der Waals surface area contributed by atoms with Gasteiger partial charge in [-0.15, -0.1) is 5.92 Å². The first-order valence-electron chi connectivity index (χ1n) is 19.7. The van der Waals surface area contributed by atoms with Crippen molar-refractivity contribution in [1.82, 2.24) is 0 Å². The van der Waals surface area contributed by atoms with Gasteiger partial charge in [0.25, 0.3) is 0 Å². The molecule has 272 valence electrons. The lowest BCUT2D eigenvalue weighted by Crippen LogP contribution is -2.47. The number of hydrogen-bond donors (Lipinski definition) is 1. The summed E-state index contributed by atoms with van der Waals surface area (Å²) in [4.78, 5) is 0. The van der Waals surface area contributed by atoms with Crippen LogP contribution in [0.3, 0.4) is 0 Å². The van der Waals surface area contributed by atoms with Crippen LogP contribution in [0.1, 0.15) is 177 Å². The maximum Gasteiger partial charge on any atom is 0.192 e. The maximum atomic E-state index is 10.9. The van der Waals surface area contributed by atoms with Crippen LogP contribution in [-0.4, -0.2) is 52.8 Å². The van der Waals surface area contributed by atoms with E-state index in [2.05, 4.69) is 86.5 Å². The molecule has 0 saturated carbocycles. The van der Waals surface area contributed by atoms with E-state index in [9.17, 15) is 5.11 Å². The van der Waals surface area contributed by atoms with Gasteiger partial charge in [-0.2, -0.15) is 0 Å². The van der Waals surface area contributed by atoms with Crippen LogP contribution in [-0.2, 0) is 13.6 Å². The average Bonchev–Trinajstić information content (AvgIpc) is 3.45.